The molecule has 2 aliphatic rings. The van der Waals surface area contributed by atoms with E-state index in [0.29, 0.717) is 19.6 Å². The molecule has 2 heterocycles. The Balaban J connectivity index is 1.84. The molecule has 1 atom stereocenters. The first-order valence-corrected chi connectivity index (χ1v) is 7.06. The molecule has 2 aliphatic heterocycles. The summed E-state index contributed by atoms with van der Waals surface area (Å²) in [6, 6.07) is 5.79. The summed E-state index contributed by atoms with van der Waals surface area (Å²) in [5, 5.41) is 0. The summed E-state index contributed by atoms with van der Waals surface area (Å²) in [6.45, 7) is 3.22. The van der Waals surface area contributed by atoms with Crippen LogP contribution in [0.1, 0.15) is 18.0 Å². The largest absolute Gasteiger partial charge is 0.469 e. The minimum absolute atomic E-state index is 0.0316. The summed E-state index contributed by atoms with van der Waals surface area (Å²) in [7, 11) is 1.42. The zero-order chi connectivity index (χ0) is 14.7. The second kappa shape index (κ2) is 6.32. The highest BCUT2D eigenvalue weighted by Crippen LogP contribution is 2.36. The highest BCUT2D eigenvalue weighted by atomic mass is 16.7. The number of nitrogens with zero attached hydrogens (tertiary/aromatic N) is 1. The summed E-state index contributed by atoms with van der Waals surface area (Å²) in [5.74, 6) is 1.26. The van der Waals surface area contributed by atoms with Crippen molar-refractivity contribution in [1.29, 1.82) is 0 Å². The fraction of sp³-hybridized carbons (Fsp3) is 0.533. The van der Waals surface area contributed by atoms with Gasteiger partial charge in [-0.3, -0.25) is 9.69 Å². The van der Waals surface area contributed by atoms with Gasteiger partial charge in [-0.05, 0) is 17.7 Å². The van der Waals surface area contributed by atoms with Crippen molar-refractivity contribution in [2.75, 3.05) is 40.2 Å². The lowest BCUT2D eigenvalue weighted by Crippen LogP contribution is -2.40. The van der Waals surface area contributed by atoms with Crippen LogP contribution in [0.25, 0.3) is 0 Å². The van der Waals surface area contributed by atoms with E-state index in [2.05, 4.69) is 4.90 Å². The Hall–Kier alpha value is -1.79. The third kappa shape index (κ3) is 3.11. The van der Waals surface area contributed by atoms with Crippen LogP contribution >= 0.6 is 0 Å². The number of fused-ring (bicyclic) bond motifs is 1. The van der Waals surface area contributed by atoms with Gasteiger partial charge in [-0.25, -0.2) is 0 Å². The summed E-state index contributed by atoms with van der Waals surface area (Å²) in [5.41, 5.74) is 1.03. The Kier molecular flexibility index (Phi) is 4.26. The lowest BCUT2D eigenvalue weighted by atomic mass is 10.0. The van der Waals surface area contributed by atoms with Crippen LogP contribution in [-0.4, -0.2) is 51.1 Å². The van der Waals surface area contributed by atoms with Crippen LogP contribution in [0, 0.1) is 0 Å². The van der Waals surface area contributed by atoms with Gasteiger partial charge < -0.3 is 18.9 Å². The molecule has 6 nitrogen and oxygen atoms in total. The average Bonchev–Trinajstić information content (AvgIpc) is 3.00. The van der Waals surface area contributed by atoms with E-state index in [1.54, 1.807) is 0 Å². The number of carbonyl (C=O) groups is 1. The molecule has 0 N–H and O–H groups in total. The first kappa shape index (κ1) is 14.2. The molecular formula is C15H19NO5. The molecular weight excluding hydrogens is 274 g/mol. The normalized spacial score (nSPS) is 19.3. The molecule has 0 aliphatic carbocycles. The van der Waals surface area contributed by atoms with E-state index in [1.165, 1.54) is 7.11 Å². The van der Waals surface area contributed by atoms with Crippen molar-refractivity contribution in [3.05, 3.63) is 23.8 Å². The Morgan fingerprint density at radius 2 is 2.05 bits per heavy atom. The zero-order valence-corrected chi connectivity index (χ0v) is 12.0. The van der Waals surface area contributed by atoms with E-state index in [1.807, 2.05) is 18.2 Å². The minimum Gasteiger partial charge on any atom is -0.469 e. The van der Waals surface area contributed by atoms with Gasteiger partial charge in [-0.2, -0.15) is 0 Å². The lowest BCUT2D eigenvalue weighted by molar-refractivity contribution is -0.142. The number of carbonyl (C=O) groups excluding carboxylic acids is 1. The second-order valence-corrected chi connectivity index (χ2v) is 5.06. The monoisotopic (exact) mass is 293 g/mol. The quantitative estimate of drug-likeness (QED) is 0.781. The van der Waals surface area contributed by atoms with Crippen molar-refractivity contribution in [1.82, 2.24) is 4.90 Å². The van der Waals surface area contributed by atoms with Crippen LogP contribution in [0.3, 0.4) is 0 Å². The van der Waals surface area contributed by atoms with Crippen LogP contribution in [0.4, 0.5) is 0 Å². The third-order valence-corrected chi connectivity index (χ3v) is 3.86. The molecule has 0 radical (unpaired) electrons. The molecule has 6 heteroatoms. The van der Waals surface area contributed by atoms with E-state index in [-0.39, 0.29) is 18.8 Å². The lowest BCUT2D eigenvalue weighted by Gasteiger charge is -2.34. The molecule has 114 valence electrons. The predicted molar refractivity (Wildman–Crippen MR) is 74.3 cm³/mol. The van der Waals surface area contributed by atoms with E-state index in [9.17, 15) is 4.79 Å². The molecule has 0 amide bonds. The zero-order valence-electron chi connectivity index (χ0n) is 12.0. The molecule has 1 aromatic rings. The molecule has 3 rings (SSSR count). The van der Waals surface area contributed by atoms with Crippen LogP contribution in [0.15, 0.2) is 18.2 Å². The molecule has 1 aromatic carbocycles. The smallest absolute Gasteiger partial charge is 0.307 e. The van der Waals surface area contributed by atoms with Crippen molar-refractivity contribution >= 4 is 5.97 Å². The van der Waals surface area contributed by atoms with Crippen LogP contribution in [0.5, 0.6) is 11.5 Å². The molecule has 0 unspecified atom stereocenters. The van der Waals surface area contributed by atoms with Crippen LogP contribution < -0.4 is 9.47 Å². The fourth-order valence-corrected chi connectivity index (χ4v) is 2.71. The first-order valence-electron chi connectivity index (χ1n) is 7.06. The van der Waals surface area contributed by atoms with Gasteiger partial charge in [0.05, 0.1) is 26.7 Å². The van der Waals surface area contributed by atoms with Crippen LogP contribution in [0.2, 0.25) is 0 Å². The van der Waals surface area contributed by atoms with Crippen molar-refractivity contribution in [2.45, 2.75) is 12.5 Å². The number of benzene rings is 1. The van der Waals surface area contributed by atoms with E-state index in [4.69, 9.17) is 18.9 Å². The molecule has 0 spiro atoms. The summed E-state index contributed by atoms with van der Waals surface area (Å²) >= 11 is 0. The number of esters is 1. The molecule has 21 heavy (non-hydrogen) atoms. The number of ether oxygens (including phenoxy) is 4. The summed E-state index contributed by atoms with van der Waals surface area (Å²) in [6.07, 6.45) is 0.316. The predicted octanol–water partition coefficient (Wildman–Crippen LogP) is 1.35. The van der Waals surface area contributed by atoms with Gasteiger partial charge >= 0.3 is 5.97 Å². The summed E-state index contributed by atoms with van der Waals surface area (Å²) in [4.78, 5) is 14.0. The van der Waals surface area contributed by atoms with E-state index < -0.39 is 0 Å². The standard InChI is InChI=1S/C15H19NO5/c1-18-15(17)9-12(16-4-6-19-7-5-16)11-2-3-13-14(8-11)21-10-20-13/h2-3,8,12H,4-7,9-10H2,1H3/t12-/m1/s1. The minimum atomic E-state index is -0.218. The number of methoxy groups -OCH3 is 1. The van der Waals surface area contributed by atoms with E-state index in [0.717, 1.165) is 30.2 Å². The molecule has 0 aromatic heterocycles. The Morgan fingerprint density at radius 3 is 2.81 bits per heavy atom. The van der Waals surface area contributed by atoms with Gasteiger partial charge in [0.15, 0.2) is 11.5 Å². The van der Waals surface area contributed by atoms with Gasteiger partial charge in [0.1, 0.15) is 0 Å². The van der Waals surface area contributed by atoms with Crippen LogP contribution in [-0.2, 0) is 14.3 Å². The first-order chi connectivity index (χ1) is 10.3. The topological polar surface area (TPSA) is 57.2 Å². The van der Waals surface area contributed by atoms with Crippen molar-refractivity contribution in [3.8, 4) is 11.5 Å². The maximum Gasteiger partial charge on any atom is 0.307 e. The van der Waals surface area contributed by atoms with Gasteiger partial charge in [-0.1, -0.05) is 6.07 Å². The Labute approximate surface area is 123 Å². The molecule has 1 saturated heterocycles. The third-order valence-electron chi connectivity index (χ3n) is 3.86. The van der Waals surface area contributed by atoms with Gasteiger partial charge in [0.2, 0.25) is 6.79 Å². The maximum atomic E-state index is 11.7. The van der Waals surface area contributed by atoms with E-state index >= 15 is 0 Å². The fourth-order valence-electron chi connectivity index (χ4n) is 2.71. The highest BCUT2D eigenvalue weighted by molar-refractivity contribution is 5.70. The van der Waals surface area contributed by atoms with Crippen molar-refractivity contribution < 1.29 is 23.7 Å². The molecule has 0 bridgehead atoms. The number of morpholine rings is 1. The van der Waals surface area contributed by atoms with Crippen molar-refractivity contribution in [2.24, 2.45) is 0 Å². The summed E-state index contributed by atoms with van der Waals surface area (Å²) < 4.78 is 21.0. The van der Waals surface area contributed by atoms with Gasteiger partial charge in [0, 0.05) is 19.1 Å². The number of rotatable bonds is 4. The van der Waals surface area contributed by atoms with Gasteiger partial charge in [0.25, 0.3) is 0 Å². The Morgan fingerprint density at radius 1 is 1.29 bits per heavy atom. The second-order valence-electron chi connectivity index (χ2n) is 5.06. The average molecular weight is 293 g/mol. The SMILES string of the molecule is COC(=O)C[C@H](c1ccc2c(c1)OCO2)N1CCOCC1. The Bertz CT molecular complexity index is 513. The van der Waals surface area contributed by atoms with Gasteiger partial charge in [-0.15, -0.1) is 0 Å². The number of hydrogen-bond donors (Lipinski definition) is 0. The molecule has 0 saturated carbocycles. The maximum absolute atomic E-state index is 11.7. The van der Waals surface area contributed by atoms with Crippen molar-refractivity contribution in [3.63, 3.8) is 0 Å². The highest BCUT2D eigenvalue weighted by Gasteiger charge is 2.27. The molecule has 1 fully saturated rings. The number of hydrogen-bond acceptors (Lipinski definition) is 6.